The highest BCUT2D eigenvalue weighted by Crippen LogP contribution is 2.20. The second-order valence-electron chi connectivity index (χ2n) is 5.38. The number of ether oxygens (including phenoxy) is 1. The molecule has 1 heterocycles. The smallest absolute Gasteiger partial charge is 0.263 e. The van der Waals surface area contributed by atoms with Gasteiger partial charge in [-0.1, -0.05) is 25.1 Å². The number of nitrogens with zero attached hydrogens (tertiary/aromatic N) is 1. The summed E-state index contributed by atoms with van der Waals surface area (Å²) >= 11 is 0. The van der Waals surface area contributed by atoms with Crippen LogP contribution in [0.15, 0.2) is 24.3 Å². The zero-order chi connectivity index (χ0) is 14.5. The van der Waals surface area contributed by atoms with E-state index in [0.29, 0.717) is 6.42 Å². The largest absolute Gasteiger partial charge is 0.480 e. The molecule has 2 rings (SSSR count). The Kier molecular flexibility index (Phi) is 5.01. The lowest BCUT2D eigenvalue weighted by Crippen LogP contribution is -2.45. The molecule has 1 aromatic rings. The van der Waals surface area contributed by atoms with Gasteiger partial charge >= 0.3 is 0 Å². The Labute approximate surface area is 121 Å². The summed E-state index contributed by atoms with van der Waals surface area (Å²) in [6, 6.07) is 8.11. The van der Waals surface area contributed by atoms with Crippen molar-refractivity contribution >= 4 is 5.91 Å². The zero-order valence-electron chi connectivity index (χ0n) is 12.6. The van der Waals surface area contributed by atoms with Crippen molar-refractivity contribution in [1.82, 2.24) is 10.2 Å². The fraction of sp³-hybridized carbons (Fsp3) is 0.562. The van der Waals surface area contributed by atoms with Crippen molar-refractivity contribution in [3.63, 3.8) is 0 Å². The number of rotatable bonds is 5. The van der Waals surface area contributed by atoms with Gasteiger partial charge in [-0.05, 0) is 37.9 Å². The van der Waals surface area contributed by atoms with Gasteiger partial charge in [-0.25, -0.2) is 0 Å². The minimum Gasteiger partial charge on any atom is -0.480 e. The Bertz CT molecular complexity index is 456. The molecule has 0 saturated carbocycles. The first-order valence-corrected chi connectivity index (χ1v) is 7.33. The van der Waals surface area contributed by atoms with Gasteiger partial charge in [-0.3, -0.25) is 4.79 Å². The number of amides is 1. The first kappa shape index (κ1) is 14.9. The molecule has 1 aromatic carbocycles. The average molecular weight is 276 g/mol. The number of hydrogen-bond acceptors (Lipinski definition) is 3. The maximum atomic E-state index is 12.6. The summed E-state index contributed by atoms with van der Waals surface area (Å²) in [6.45, 7) is 5.85. The second kappa shape index (κ2) is 6.75. The van der Waals surface area contributed by atoms with Crippen molar-refractivity contribution in [2.75, 3.05) is 20.1 Å². The molecule has 1 aliphatic heterocycles. The van der Waals surface area contributed by atoms with E-state index in [1.807, 2.05) is 50.1 Å². The monoisotopic (exact) mass is 276 g/mol. The van der Waals surface area contributed by atoms with Crippen LogP contribution in [0, 0.1) is 6.92 Å². The van der Waals surface area contributed by atoms with Crippen LogP contribution in [0.2, 0.25) is 0 Å². The van der Waals surface area contributed by atoms with Crippen molar-refractivity contribution in [2.45, 2.75) is 38.8 Å². The van der Waals surface area contributed by atoms with E-state index in [2.05, 4.69) is 5.32 Å². The maximum absolute atomic E-state index is 12.6. The molecule has 2 atom stereocenters. The van der Waals surface area contributed by atoms with E-state index >= 15 is 0 Å². The van der Waals surface area contributed by atoms with Gasteiger partial charge in [0.2, 0.25) is 0 Å². The molecule has 4 heteroatoms. The van der Waals surface area contributed by atoms with Crippen molar-refractivity contribution in [2.24, 2.45) is 0 Å². The molecular formula is C16H24N2O2. The van der Waals surface area contributed by atoms with Crippen LogP contribution in [0.5, 0.6) is 5.75 Å². The number of benzene rings is 1. The van der Waals surface area contributed by atoms with Gasteiger partial charge in [0.25, 0.3) is 5.91 Å². The number of hydrogen-bond donors (Lipinski definition) is 1. The highest BCUT2D eigenvalue weighted by atomic mass is 16.5. The lowest BCUT2D eigenvalue weighted by Gasteiger charge is -2.28. The van der Waals surface area contributed by atoms with Crippen molar-refractivity contribution < 1.29 is 9.53 Å². The van der Waals surface area contributed by atoms with E-state index in [0.717, 1.165) is 30.8 Å². The zero-order valence-corrected chi connectivity index (χ0v) is 12.6. The Morgan fingerprint density at radius 2 is 2.25 bits per heavy atom. The van der Waals surface area contributed by atoms with E-state index in [1.54, 1.807) is 0 Å². The molecule has 0 aromatic heterocycles. The molecule has 1 N–H and O–H groups in total. The molecular weight excluding hydrogens is 252 g/mol. The maximum Gasteiger partial charge on any atom is 0.263 e. The third-order valence-electron chi connectivity index (χ3n) is 3.94. The van der Waals surface area contributed by atoms with Crippen LogP contribution in [0.4, 0.5) is 0 Å². The fourth-order valence-corrected chi connectivity index (χ4v) is 2.53. The summed E-state index contributed by atoms with van der Waals surface area (Å²) in [5.41, 5.74) is 1.06. The summed E-state index contributed by atoms with van der Waals surface area (Å²) in [5, 5.41) is 3.29. The molecule has 20 heavy (non-hydrogen) atoms. The Morgan fingerprint density at radius 3 is 2.85 bits per heavy atom. The van der Waals surface area contributed by atoms with E-state index in [9.17, 15) is 4.79 Å². The van der Waals surface area contributed by atoms with Crippen LogP contribution in [-0.4, -0.2) is 43.1 Å². The van der Waals surface area contributed by atoms with Crippen molar-refractivity contribution in [3.05, 3.63) is 29.8 Å². The van der Waals surface area contributed by atoms with Gasteiger partial charge < -0.3 is 15.0 Å². The number of carbonyl (C=O) groups is 1. The summed E-state index contributed by atoms with van der Waals surface area (Å²) in [4.78, 5) is 14.4. The molecule has 0 radical (unpaired) electrons. The third-order valence-corrected chi connectivity index (χ3v) is 3.94. The fourth-order valence-electron chi connectivity index (χ4n) is 2.53. The van der Waals surface area contributed by atoms with Crippen LogP contribution in [0.25, 0.3) is 0 Å². The van der Waals surface area contributed by atoms with Gasteiger partial charge in [-0.2, -0.15) is 0 Å². The molecule has 1 amide bonds. The lowest BCUT2D eigenvalue weighted by atomic mass is 10.1. The standard InChI is InChI=1S/C16H24N2O2/c1-4-14(20-15-8-6-5-7-12(15)2)16(19)18(3)13-9-10-17-11-13/h5-8,13-14,17H,4,9-11H2,1-3H3. The number of nitrogens with one attached hydrogen (secondary N) is 1. The van der Waals surface area contributed by atoms with Gasteiger partial charge in [0.15, 0.2) is 6.10 Å². The van der Waals surface area contributed by atoms with E-state index in [-0.39, 0.29) is 11.9 Å². The summed E-state index contributed by atoms with van der Waals surface area (Å²) in [5.74, 6) is 0.870. The highest BCUT2D eigenvalue weighted by Gasteiger charge is 2.29. The van der Waals surface area contributed by atoms with E-state index in [1.165, 1.54) is 0 Å². The second-order valence-corrected chi connectivity index (χ2v) is 5.38. The van der Waals surface area contributed by atoms with Crippen LogP contribution in [0.1, 0.15) is 25.3 Å². The predicted octanol–water partition coefficient (Wildman–Crippen LogP) is 1.97. The molecule has 1 saturated heterocycles. The third kappa shape index (κ3) is 3.31. The molecule has 1 fully saturated rings. The Morgan fingerprint density at radius 1 is 1.50 bits per heavy atom. The van der Waals surface area contributed by atoms with Crippen molar-refractivity contribution in [3.8, 4) is 5.75 Å². The van der Waals surface area contributed by atoms with Crippen molar-refractivity contribution in [1.29, 1.82) is 0 Å². The first-order chi connectivity index (χ1) is 9.63. The first-order valence-electron chi connectivity index (χ1n) is 7.33. The molecule has 0 bridgehead atoms. The molecule has 0 spiro atoms. The molecule has 1 aliphatic rings. The lowest BCUT2D eigenvalue weighted by molar-refractivity contribution is -0.139. The van der Waals surface area contributed by atoms with Gasteiger partial charge in [0.05, 0.1) is 0 Å². The summed E-state index contributed by atoms with van der Waals surface area (Å²) < 4.78 is 5.93. The quantitative estimate of drug-likeness (QED) is 0.894. The minimum absolute atomic E-state index is 0.0736. The van der Waals surface area contributed by atoms with Crippen LogP contribution < -0.4 is 10.1 Å². The highest BCUT2D eigenvalue weighted by molar-refractivity contribution is 5.81. The average Bonchev–Trinajstić information content (AvgIpc) is 2.99. The molecule has 0 aliphatic carbocycles. The van der Waals surface area contributed by atoms with Gasteiger partial charge in [-0.15, -0.1) is 0 Å². The molecule has 2 unspecified atom stereocenters. The Hall–Kier alpha value is -1.55. The predicted molar refractivity (Wildman–Crippen MR) is 79.9 cm³/mol. The minimum atomic E-state index is -0.401. The van der Waals surface area contributed by atoms with E-state index < -0.39 is 6.10 Å². The van der Waals surface area contributed by atoms with Crippen LogP contribution >= 0.6 is 0 Å². The SMILES string of the molecule is CCC(Oc1ccccc1C)C(=O)N(C)C1CCNC1. The normalized spacial score (nSPS) is 19.6. The van der Waals surface area contributed by atoms with Crippen LogP contribution in [0.3, 0.4) is 0 Å². The Balaban J connectivity index is 2.03. The van der Waals surface area contributed by atoms with Gasteiger partial charge in [0, 0.05) is 19.6 Å². The van der Waals surface area contributed by atoms with E-state index in [4.69, 9.17) is 4.74 Å². The number of aryl methyl sites for hydroxylation is 1. The molecule has 110 valence electrons. The van der Waals surface area contributed by atoms with Gasteiger partial charge in [0.1, 0.15) is 5.75 Å². The number of likely N-dealkylation sites (N-methyl/N-ethyl adjacent to an activating group) is 1. The number of carbonyl (C=O) groups excluding carboxylic acids is 1. The number of para-hydroxylation sites is 1. The van der Waals surface area contributed by atoms with Crippen LogP contribution in [-0.2, 0) is 4.79 Å². The summed E-state index contributed by atoms with van der Waals surface area (Å²) in [6.07, 6.45) is 1.29. The summed E-state index contributed by atoms with van der Waals surface area (Å²) in [7, 11) is 1.88. The topological polar surface area (TPSA) is 41.6 Å². The molecule has 4 nitrogen and oxygen atoms in total.